The minimum atomic E-state index is -0.433. The molecule has 0 aromatic carbocycles. The zero-order valence-corrected chi connectivity index (χ0v) is 8.62. The molecule has 0 bridgehead atoms. The number of rotatable bonds is 2. The molecule has 1 aliphatic rings. The first-order chi connectivity index (χ1) is 6.67. The van der Waals surface area contributed by atoms with Gasteiger partial charge in [-0.15, -0.1) is 0 Å². The van der Waals surface area contributed by atoms with Crippen LogP contribution < -0.4 is 5.32 Å². The number of carbonyl (C=O) groups excluding carboxylic acids is 1. The van der Waals surface area contributed by atoms with Gasteiger partial charge in [0.25, 0.3) is 0 Å². The lowest BCUT2D eigenvalue weighted by atomic mass is 9.99. The Morgan fingerprint density at radius 3 is 3.00 bits per heavy atom. The molecule has 82 valence electrons. The normalized spacial score (nSPS) is 28.5. The fraction of sp³-hybridized carbons (Fsp3) is 0.889. The van der Waals surface area contributed by atoms with Crippen molar-refractivity contribution in [1.82, 2.24) is 10.2 Å². The molecule has 0 aromatic heterocycles. The van der Waals surface area contributed by atoms with Crippen LogP contribution in [0.15, 0.2) is 0 Å². The van der Waals surface area contributed by atoms with E-state index >= 15 is 0 Å². The standard InChI is InChI=1S/C9H17FN2O2/c1-12-4-3-7(5-8(12)6-10)11-9(13)14-2/h7-8H,3-6H2,1-2H3,(H,11,13). The molecule has 0 aromatic rings. The van der Waals surface area contributed by atoms with E-state index in [2.05, 4.69) is 10.1 Å². The molecule has 0 aliphatic carbocycles. The molecule has 1 amide bonds. The highest BCUT2D eigenvalue weighted by Gasteiger charge is 2.26. The Kier molecular flexibility index (Phi) is 4.13. The van der Waals surface area contributed by atoms with E-state index in [1.54, 1.807) is 0 Å². The number of nitrogens with one attached hydrogen (secondary N) is 1. The number of methoxy groups -OCH3 is 1. The zero-order chi connectivity index (χ0) is 10.6. The average Bonchev–Trinajstić information content (AvgIpc) is 2.20. The first-order valence-corrected chi connectivity index (χ1v) is 4.78. The summed E-state index contributed by atoms with van der Waals surface area (Å²) in [5.74, 6) is 0. The van der Waals surface area contributed by atoms with Crippen molar-refractivity contribution >= 4 is 6.09 Å². The van der Waals surface area contributed by atoms with Crippen LogP contribution in [-0.2, 0) is 4.74 Å². The number of piperidine rings is 1. The third kappa shape index (κ3) is 2.83. The van der Waals surface area contributed by atoms with E-state index in [1.165, 1.54) is 7.11 Å². The molecule has 1 rings (SSSR count). The number of ether oxygens (including phenoxy) is 1. The van der Waals surface area contributed by atoms with Gasteiger partial charge in [-0.3, -0.25) is 0 Å². The fourth-order valence-corrected chi connectivity index (χ4v) is 1.71. The summed E-state index contributed by atoms with van der Waals surface area (Å²) in [6, 6.07) is -0.0368. The van der Waals surface area contributed by atoms with Gasteiger partial charge in [0.1, 0.15) is 6.67 Å². The Morgan fingerprint density at radius 2 is 2.43 bits per heavy atom. The first-order valence-electron chi connectivity index (χ1n) is 4.78. The number of likely N-dealkylation sites (tertiary alicyclic amines) is 1. The van der Waals surface area contributed by atoms with E-state index in [1.807, 2.05) is 11.9 Å². The quantitative estimate of drug-likeness (QED) is 0.722. The second kappa shape index (κ2) is 5.14. The lowest BCUT2D eigenvalue weighted by Gasteiger charge is -2.35. The number of alkyl halides is 1. The average molecular weight is 204 g/mol. The smallest absolute Gasteiger partial charge is 0.407 e. The summed E-state index contributed by atoms with van der Waals surface area (Å²) in [7, 11) is 3.23. The van der Waals surface area contributed by atoms with Gasteiger partial charge in [-0.25, -0.2) is 9.18 Å². The third-order valence-corrected chi connectivity index (χ3v) is 2.70. The van der Waals surface area contributed by atoms with Crippen LogP contribution in [0.1, 0.15) is 12.8 Å². The summed E-state index contributed by atoms with van der Waals surface area (Å²) >= 11 is 0. The zero-order valence-electron chi connectivity index (χ0n) is 8.62. The summed E-state index contributed by atoms with van der Waals surface area (Å²) < 4.78 is 17.0. The van der Waals surface area contributed by atoms with Gasteiger partial charge in [-0.1, -0.05) is 0 Å². The van der Waals surface area contributed by atoms with Crippen molar-refractivity contribution in [3.8, 4) is 0 Å². The molecule has 5 heteroatoms. The molecule has 1 fully saturated rings. The van der Waals surface area contributed by atoms with Crippen LogP contribution in [0.2, 0.25) is 0 Å². The lowest BCUT2D eigenvalue weighted by Crippen LogP contribution is -2.49. The molecule has 0 spiro atoms. The monoisotopic (exact) mass is 204 g/mol. The van der Waals surface area contributed by atoms with Gasteiger partial charge in [0, 0.05) is 18.6 Å². The van der Waals surface area contributed by atoms with Crippen LogP contribution in [0, 0.1) is 0 Å². The minimum absolute atomic E-state index is 0.0411. The van der Waals surface area contributed by atoms with Crippen molar-refractivity contribution in [2.45, 2.75) is 24.9 Å². The second-order valence-corrected chi connectivity index (χ2v) is 3.65. The number of hydrogen-bond donors (Lipinski definition) is 1. The van der Waals surface area contributed by atoms with E-state index in [-0.39, 0.29) is 18.8 Å². The maximum absolute atomic E-state index is 12.5. The predicted octanol–water partition coefficient (Wildman–Crippen LogP) is 0.775. The molecule has 1 saturated heterocycles. The molecular weight excluding hydrogens is 187 g/mol. The Hall–Kier alpha value is -0.840. The van der Waals surface area contributed by atoms with Gasteiger partial charge in [-0.2, -0.15) is 0 Å². The van der Waals surface area contributed by atoms with E-state index in [9.17, 15) is 9.18 Å². The number of amides is 1. The molecule has 1 aliphatic heterocycles. The highest BCUT2D eigenvalue weighted by Crippen LogP contribution is 2.16. The van der Waals surface area contributed by atoms with Crippen molar-refractivity contribution < 1.29 is 13.9 Å². The van der Waals surface area contributed by atoms with Gasteiger partial charge in [0.15, 0.2) is 0 Å². The Balaban J connectivity index is 2.38. The van der Waals surface area contributed by atoms with E-state index in [0.717, 1.165) is 13.0 Å². The van der Waals surface area contributed by atoms with E-state index < -0.39 is 6.09 Å². The summed E-state index contributed by atoms with van der Waals surface area (Å²) in [5.41, 5.74) is 0. The summed E-state index contributed by atoms with van der Waals surface area (Å²) in [6.45, 7) is 0.444. The molecule has 0 radical (unpaired) electrons. The molecule has 14 heavy (non-hydrogen) atoms. The maximum atomic E-state index is 12.5. The topological polar surface area (TPSA) is 41.6 Å². The van der Waals surface area contributed by atoms with Crippen molar-refractivity contribution in [2.24, 2.45) is 0 Å². The summed E-state index contributed by atoms with van der Waals surface area (Å²) in [6.07, 6.45) is 1.07. The maximum Gasteiger partial charge on any atom is 0.407 e. The van der Waals surface area contributed by atoms with Crippen molar-refractivity contribution in [2.75, 3.05) is 27.4 Å². The SMILES string of the molecule is COC(=O)NC1CCN(C)C(CF)C1. The molecule has 4 nitrogen and oxygen atoms in total. The lowest BCUT2D eigenvalue weighted by molar-refractivity contribution is 0.120. The summed E-state index contributed by atoms with van der Waals surface area (Å²) in [5, 5.41) is 2.70. The largest absolute Gasteiger partial charge is 0.453 e. The fourth-order valence-electron chi connectivity index (χ4n) is 1.71. The number of hydrogen-bond acceptors (Lipinski definition) is 3. The third-order valence-electron chi connectivity index (χ3n) is 2.70. The van der Waals surface area contributed by atoms with Crippen molar-refractivity contribution in [3.05, 3.63) is 0 Å². The highest BCUT2D eigenvalue weighted by atomic mass is 19.1. The van der Waals surface area contributed by atoms with Gasteiger partial charge >= 0.3 is 6.09 Å². The van der Waals surface area contributed by atoms with Gasteiger partial charge in [-0.05, 0) is 19.9 Å². The van der Waals surface area contributed by atoms with Gasteiger partial charge < -0.3 is 15.0 Å². The van der Waals surface area contributed by atoms with Gasteiger partial charge in [0.05, 0.1) is 7.11 Å². The van der Waals surface area contributed by atoms with Crippen LogP contribution in [0.4, 0.5) is 9.18 Å². The Morgan fingerprint density at radius 1 is 1.71 bits per heavy atom. The van der Waals surface area contributed by atoms with Crippen molar-refractivity contribution in [3.63, 3.8) is 0 Å². The molecule has 1 N–H and O–H groups in total. The minimum Gasteiger partial charge on any atom is -0.453 e. The van der Waals surface area contributed by atoms with Crippen LogP contribution >= 0.6 is 0 Å². The molecular formula is C9H17FN2O2. The number of nitrogens with zero attached hydrogens (tertiary/aromatic N) is 1. The first kappa shape index (κ1) is 11.2. The molecule has 2 unspecified atom stereocenters. The van der Waals surface area contributed by atoms with E-state index in [0.29, 0.717) is 6.42 Å². The van der Waals surface area contributed by atoms with E-state index in [4.69, 9.17) is 0 Å². The predicted molar refractivity (Wildman–Crippen MR) is 51.0 cm³/mol. The molecule has 2 atom stereocenters. The van der Waals surface area contributed by atoms with Crippen molar-refractivity contribution in [1.29, 1.82) is 0 Å². The molecule has 1 heterocycles. The number of halogens is 1. The molecule has 0 saturated carbocycles. The van der Waals surface area contributed by atoms with Crippen LogP contribution in [0.3, 0.4) is 0 Å². The van der Waals surface area contributed by atoms with Crippen LogP contribution in [0.5, 0.6) is 0 Å². The van der Waals surface area contributed by atoms with Crippen LogP contribution in [0.25, 0.3) is 0 Å². The van der Waals surface area contributed by atoms with Gasteiger partial charge in [0.2, 0.25) is 0 Å². The Labute approximate surface area is 83.4 Å². The Bertz CT molecular complexity index is 201. The highest BCUT2D eigenvalue weighted by molar-refractivity contribution is 5.67. The number of alkyl carbamates (subject to hydrolysis) is 1. The van der Waals surface area contributed by atoms with Crippen LogP contribution in [-0.4, -0.2) is 50.5 Å². The summed E-state index contributed by atoms with van der Waals surface area (Å²) in [4.78, 5) is 12.9. The second-order valence-electron chi connectivity index (χ2n) is 3.65. The number of carbonyl (C=O) groups is 1.